The molecule has 1 atom stereocenters. The molecule has 7 nitrogen and oxygen atoms in total. The van der Waals surface area contributed by atoms with E-state index in [4.69, 9.17) is 14.2 Å². The van der Waals surface area contributed by atoms with Crippen LogP contribution in [0.2, 0.25) is 0 Å². The highest BCUT2D eigenvalue weighted by Crippen LogP contribution is 2.31. The van der Waals surface area contributed by atoms with Gasteiger partial charge in [0.15, 0.2) is 17.6 Å². The number of benzene rings is 2. The maximum absolute atomic E-state index is 12.6. The molecular formula is C22H25NO6. The first kappa shape index (κ1) is 21.9. The predicted octanol–water partition coefficient (Wildman–Crippen LogP) is 3.73. The first-order valence-corrected chi connectivity index (χ1v) is 9.15. The smallest absolute Gasteiger partial charge is 0.342 e. The van der Waals surface area contributed by atoms with Crippen LogP contribution in [-0.4, -0.2) is 38.0 Å². The lowest BCUT2D eigenvalue weighted by molar-refractivity contribution is -0.118. The van der Waals surface area contributed by atoms with Gasteiger partial charge in [-0.05, 0) is 43.3 Å². The number of hydrogen-bond donors (Lipinski definition) is 1. The van der Waals surface area contributed by atoms with E-state index >= 15 is 0 Å². The van der Waals surface area contributed by atoms with Crippen LogP contribution < -0.4 is 14.8 Å². The zero-order valence-electron chi connectivity index (χ0n) is 17.1. The number of ether oxygens (including phenoxy) is 3. The fourth-order valence-electron chi connectivity index (χ4n) is 2.56. The lowest BCUT2D eigenvalue weighted by atomic mass is 10.1. The normalized spacial score (nSPS) is 11.5. The fourth-order valence-corrected chi connectivity index (χ4v) is 2.56. The third-order valence-electron chi connectivity index (χ3n) is 4.24. The van der Waals surface area contributed by atoms with Crippen LogP contribution >= 0.6 is 0 Å². The zero-order chi connectivity index (χ0) is 21.6. The number of Topliss-reactive ketones (excluding diaryl/α,β-unsaturated/α-hetero) is 1. The summed E-state index contributed by atoms with van der Waals surface area (Å²) >= 11 is 0. The van der Waals surface area contributed by atoms with Crippen molar-refractivity contribution in [1.82, 2.24) is 0 Å². The van der Waals surface area contributed by atoms with Gasteiger partial charge in [-0.1, -0.05) is 19.9 Å². The lowest BCUT2D eigenvalue weighted by Gasteiger charge is -2.15. The number of methoxy groups -OCH3 is 2. The Balaban J connectivity index is 2.09. The van der Waals surface area contributed by atoms with Crippen molar-refractivity contribution in [1.29, 1.82) is 0 Å². The maximum Gasteiger partial charge on any atom is 0.342 e. The molecular weight excluding hydrogens is 374 g/mol. The molecule has 0 bridgehead atoms. The topological polar surface area (TPSA) is 90.9 Å². The molecule has 0 fully saturated rings. The first-order chi connectivity index (χ1) is 13.8. The number of rotatable bonds is 8. The van der Waals surface area contributed by atoms with Crippen LogP contribution in [0.5, 0.6) is 11.5 Å². The van der Waals surface area contributed by atoms with Crippen LogP contribution in [0, 0.1) is 5.92 Å². The Morgan fingerprint density at radius 2 is 1.55 bits per heavy atom. The second-order valence-corrected chi connectivity index (χ2v) is 6.67. The first-order valence-electron chi connectivity index (χ1n) is 9.15. The van der Waals surface area contributed by atoms with E-state index < -0.39 is 12.1 Å². The van der Waals surface area contributed by atoms with Crippen molar-refractivity contribution in [2.45, 2.75) is 26.9 Å². The monoisotopic (exact) mass is 399 g/mol. The number of anilines is 1. The van der Waals surface area contributed by atoms with E-state index in [1.807, 2.05) is 0 Å². The SMILES string of the molecule is COc1cccc(C(=O)OC(C)C(=O)c2ccc(NC(=O)C(C)C)cc2)c1OC. The summed E-state index contributed by atoms with van der Waals surface area (Å²) in [7, 11) is 2.88. The Morgan fingerprint density at radius 3 is 2.10 bits per heavy atom. The van der Waals surface area contributed by atoms with E-state index in [1.165, 1.54) is 27.2 Å². The molecule has 2 rings (SSSR count). The van der Waals surface area contributed by atoms with Crippen LogP contribution in [0.3, 0.4) is 0 Å². The number of carbonyl (C=O) groups is 3. The number of para-hydroxylation sites is 1. The minimum absolute atomic E-state index is 0.112. The molecule has 0 saturated carbocycles. The number of nitrogens with one attached hydrogen (secondary N) is 1. The Bertz CT molecular complexity index is 889. The Kier molecular flexibility index (Phi) is 7.36. The van der Waals surface area contributed by atoms with Gasteiger partial charge in [0.2, 0.25) is 11.7 Å². The third-order valence-corrected chi connectivity index (χ3v) is 4.24. The highest BCUT2D eigenvalue weighted by Gasteiger charge is 2.24. The van der Waals surface area contributed by atoms with Crippen LogP contribution in [-0.2, 0) is 9.53 Å². The van der Waals surface area contributed by atoms with E-state index in [9.17, 15) is 14.4 Å². The summed E-state index contributed by atoms with van der Waals surface area (Å²) in [5.74, 6) is -0.683. The molecule has 0 spiro atoms. The summed E-state index contributed by atoms with van der Waals surface area (Å²) in [6.45, 7) is 5.09. The van der Waals surface area contributed by atoms with Crippen LogP contribution in [0.1, 0.15) is 41.5 Å². The standard InChI is InChI=1S/C22H25NO6/c1-13(2)21(25)23-16-11-9-15(10-12-16)19(24)14(3)29-22(26)17-7-6-8-18(27-4)20(17)28-5/h6-14H,1-5H3,(H,23,25). The van der Waals surface area contributed by atoms with Crippen molar-refractivity contribution in [3.63, 3.8) is 0 Å². The molecule has 1 amide bonds. The predicted molar refractivity (Wildman–Crippen MR) is 109 cm³/mol. The van der Waals surface area contributed by atoms with Gasteiger partial charge in [0.1, 0.15) is 5.56 Å². The second-order valence-electron chi connectivity index (χ2n) is 6.67. The van der Waals surface area contributed by atoms with Gasteiger partial charge < -0.3 is 19.5 Å². The molecule has 1 N–H and O–H groups in total. The van der Waals surface area contributed by atoms with Crippen molar-refractivity contribution in [2.24, 2.45) is 5.92 Å². The van der Waals surface area contributed by atoms with E-state index in [2.05, 4.69) is 5.32 Å². The molecule has 2 aromatic rings. The van der Waals surface area contributed by atoms with Gasteiger partial charge >= 0.3 is 5.97 Å². The molecule has 0 aliphatic carbocycles. The van der Waals surface area contributed by atoms with Crippen molar-refractivity contribution in [2.75, 3.05) is 19.5 Å². The fraction of sp³-hybridized carbons (Fsp3) is 0.318. The largest absolute Gasteiger partial charge is 0.493 e. The van der Waals surface area contributed by atoms with Gasteiger partial charge in [0.25, 0.3) is 0 Å². The van der Waals surface area contributed by atoms with Crippen molar-refractivity contribution >= 4 is 23.3 Å². The third kappa shape index (κ3) is 5.34. The maximum atomic E-state index is 12.6. The van der Waals surface area contributed by atoms with Gasteiger partial charge in [0, 0.05) is 17.2 Å². The molecule has 0 heterocycles. The van der Waals surface area contributed by atoms with Crippen LogP contribution in [0.15, 0.2) is 42.5 Å². The van der Waals surface area contributed by atoms with E-state index in [-0.39, 0.29) is 28.9 Å². The van der Waals surface area contributed by atoms with E-state index in [0.29, 0.717) is 17.0 Å². The van der Waals surface area contributed by atoms with Crippen molar-refractivity contribution in [3.8, 4) is 11.5 Å². The number of ketones is 1. The summed E-state index contributed by atoms with van der Waals surface area (Å²) in [5, 5.41) is 2.75. The van der Waals surface area contributed by atoms with Crippen LogP contribution in [0.4, 0.5) is 5.69 Å². The number of esters is 1. The Labute approximate surface area is 170 Å². The molecule has 154 valence electrons. The van der Waals surface area contributed by atoms with E-state index in [0.717, 1.165) is 0 Å². The van der Waals surface area contributed by atoms with Gasteiger partial charge in [-0.3, -0.25) is 9.59 Å². The lowest BCUT2D eigenvalue weighted by Crippen LogP contribution is -2.25. The molecule has 0 saturated heterocycles. The average molecular weight is 399 g/mol. The number of amides is 1. The quantitative estimate of drug-likeness (QED) is 0.537. The molecule has 0 aliphatic rings. The molecule has 2 aromatic carbocycles. The van der Waals surface area contributed by atoms with Crippen LogP contribution in [0.25, 0.3) is 0 Å². The highest BCUT2D eigenvalue weighted by molar-refractivity contribution is 6.02. The number of carbonyl (C=O) groups excluding carboxylic acids is 3. The summed E-state index contributed by atoms with van der Waals surface area (Å²) in [6, 6.07) is 11.2. The Hall–Kier alpha value is -3.35. The summed E-state index contributed by atoms with van der Waals surface area (Å²) in [6.07, 6.45) is -1.01. The Morgan fingerprint density at radius 1 is 0.897 bits per heavy atom. The summed E-state index contributed by atoms with van der Waals surface area (Å²) in [4.78, 5) is 36.9. The van der Waals surface area contributed by atoms with Gasteiger partial charge in [-0.2, -0.15) is 0 Å². The molecule has 7 heteroatoms. The van der Waals surface area contributed by atoms with Gasteiger partial charge in [-0.15, -0.1) is 0 Å². The minimum atomic E-state index is -1.01. The highest BCUT2D eigenvalue weighted by atomic mass is 16.6. The number of hydrogen-bond acceptors (Lipinski definition) is 6. The van der Waals surface area contributed by atoms with Crippen molar-refractivity contribution in [3.05, 3.63) is 53.6 Å². The molecule has 0 radical (unpaired) electrons. The summed E-state index contributed by atoms with van der Waals surface area (Å²) < 4.78 is 15.7. The molecule has 0 aliphatic heterocycles. The molecule has 1 unspecified atom stereocenters. The van der Waals surface area contributed by atoms with Gasteiger partial charge in [0.05, 0.1) is 14.2 Å². The van der Waals surface area contributed by atoms with Crippen molar-refractivity contribution < 1.29 is 28.6 Å². The molecule has 29 heavy (non-hydrogen) atoms. The second kappa shape index (κ2) is 9.73. The van der Waals surface area contributed by atoms with Gasteiger partial charge in [-0.25, -0.2) is 4.79 Å². The van der Waals surface area contributed by atoms with E-state index in [1.54, 1.807) is 50.2 Å². The molecule has 0 aromatic heterocycles. The average Bonchev–Trinajstić information content (AvgIpc) is 2.72. The zero-order valence-corrected chi connectivity index (χ0v) is 17.1. The minimum Gasteiger partial charge on any atom is -0.493 e. The summed E-state index contributed by atoms with van der Waals surface area (Å²) in [5.41, 5.74) is 1.12.